The van der Waals surface area contributed by atoms with Crippen molar-refractivity contribution in [1.82, 2.24) is 5.32 Å². The molecule has 0 aliphatic heterocycles. The number of benzene rings is 2. The van der Waals surface area contributed by atoms with Gasteiger partial charge in [0.05, 0.1) is 5.02 Å². The number of halogens is 4. The van der Waals surface area contributed by atoms with Gasteiger partial charge in [0.25, 0.3) is 0 Å². The van der Waals surface area contributed by atoms with Gasteiger partial charge in [0.15, 0.2) is 0 Å². The average Bonchev–Trinajstić information content (AvgIpc) is 2.66. The molecule has 0 unspecified atom stereocenters. The molecule has 0 spiro atoms. The van der Waals surface area contributed by atoms with Crippen LogP contribution in [0.1, 0.15) is 12.0 Å². The van der Waals surface area contributed by atoms with Crippen LogP contribution in [0.15, 0.2) is 36.4 Å². The summed E-state index contributed by atoms with van der Waals surface area (Å²) in [7, 11) is 0. The number of nitrogens with one attached hydrogen (secondary N) is 1. The van der Waals surface area contributed by atoms with Crippen LogP contribution >= 0.6 is 11.6 Å². The molecule has 0 fully saturated rings. The summed E-state index contributed by atoms with van der Waals surface area (Å²) in [5.41, 5.74) is -0.0403. The second-order valence-electron chi connectivity index (χ2n) is 5.51. The zero-order valence-corrected chi connectivity index (χ0v) is 14.8. The summed E-state index contributed by atoms with van der Waals surface area (Å²) in [5, 5.41) is 10.7. The molecule has 0 aliphatic rings. The zero-order chi connectivity index (χ0) is 20.0. The fraction of sp³-hybridized carbons (Fsp3) is 0.222. The maximum absolute atomic E-state index is 13.7. The predicted molar refractivity (Wildman–Crippen MR) is 93.7 cm³/mol. The molecular weight excluding hydrogens is 385 g/mol. The van der Waals surface area contributed by atoms with Crippen molar-refractivity contribution in [3.05, 3.63) is 64.4 Å². The summed E-state index contributed by atoms with van der Waals surface area (Å²) in [6, 6.07) is 6.56. The van der Waals surface area contributed by atoms with Crippen molar-refractivity contribution in [3.8, 4) is 0 Å². The van der Waals surface area contributed by atoms with Gasteiger partial charge in [0, 0.05) is 30.9 Å². The second-order valence-corrected chi connectivity index (χ2v) is 5.89. The average molecular weight is 401 g/mol. The van der Waals surface area contributed by atoms with Crippen molar-refractivity contribution < 1.29 is 27.9 Å². The van der Waals surface area contributed by atoms with Gasteiger partial charge in [-0.2, -0.15) is 0 Å². The molecule has 9 heteroatoms. The highest BCUT2D eigenvalue weighted by Gasteiger charge is 2.24. The molecule has 2 aromatic carbocycles. The van der Waals surface area contributed by atoms with E-state index < -0.39 is 40.8 Å². The lowest BCUT2D eigenvalue weighted by atomic mass is 10.2. The first kappa shape index (κ1) is 20.7. The van der Waals surface area contributed by atoms with E-state index in [1.807, 2.05) is 0 Å². The molecule has 0 saturated heterocycles. The number of carbonyl (C=O) groups excluding carboxylic acids is 2. The SMILES string of the molecule is O=C(NCc1c(F)ccc(F)c1Cl)C(=O)N(CCCO)c1ccc(F)cc1. The summed E-state index contributed by atoms with van der Waals surface area (Å²) < 4.78 is 40.2. The van der Waals surface area contributed by atoms with Crippen LogP contribution in [0.4, 0.5) is 18.9 Å². The minimum atomic E-state index is -1.09. The van der Waals surface area contributed by atoms with Crippen LogP contribution in [-0.2, 0) is 16.1 Å². The van der Waals surface area contributed by atoms with Gasteiger partial charge in [-0.25, -0.2) is 13.2 Å². The van der Waals surface area contributed by atoms with E-state index in [1.54, 1.807) is 0 Å². The Labute approximate surface area is 158 Å². The molecule has 0 radical (unpaired) electrons. The molecule has 0 aliphatic carbocycles. The molecule has 2 rings (SSSR count). The minimum absolute atomic E-state index is 0.00344. The summed E-state index contributed by atoms with van der Waals surface area (Å²) in [5.74, 6) is -4.29. The number of aliphatic hydroxyl groups excluding tert-OH is 1. The molecule has 144 valence electrons. The van der Waals surface area contributed by atoms with Gasteiger partial charge in [-0.15, -0.1) is 0 Å². The van der Waals surface area contributed by atoms with E-state index >= 15 is 0 Å². The van der Waals surface area contributed by atoms with Crippen molar-refractivity contribution >= 4 is 29.1 Å². The van der Waals surface area contributed by atoms with E-state index in [2.05, 4.69) is 5.32 Å². The maximum atomic E-state index is 13.7. The van der Waals surface area contributed by atoms with E-state index in [-0.39, 0.29) is 30.8 Å². The van der Waals surface area contributed by atoms with Crippen LogP contribution in [-0.4, -0.2) is 30.1 Å². The quantitative estimate of drug-likeness (QED) is 0.578. The Morgan fingerprint density at radius 1 is 1.04 bits per heavy atom. The number of hydrogen-bond acceptors (Lipinski definition) is 3. The summed E-state index contributed by atoms with van der Waals surface area (Å²) in [6.07, 6.45) is 0.181. The summed E-state index contributed by atoms with van der Waals surface area (Å²) in [6.45, 7) is -0.718. The number of hydrogen-bond donors (Lipinski definition) is 2. The third-order valence-electron chi connectivity index (χ3n) is 3.68. The number of rotatable bonds is 6. The Hall–Kier alpha value is -2.58. The third-order valence-corrected chi connectivity index (χ3v) is 4.09. The molecular formula is C18H16ClF3N2O3. The van der Waals surface area contributed by atoms with E-state index in [0.717, 1.165) is 29.2 Å². The van der Waals surface area contributed by atoms with Crippen molar-refractivity contribution in [1.29, 1.82) is 0 Å². The lowest BCUT2D eigenvalue weighted by Crippen LogP contribution is -2.43. The standard InChI is InChI=1S/C18H16ClF3N2O3/c19-16-13(14(21)6-7-15(16)22)10-23-17(26)18(27)24(8-1-9-25)12-4-2-11(20)3-5-12/h2-7,25H,1,8-10H2,(H,23,26). The lowest BCUT2D eigenvalue weighted by molar-refractivity contribution is -0.137. The molecule has 2 aromatic rings. The highest BCUT2D eigenvalue weighted by Crippen LogP contribution is 2.22. The van der Waals surface area contributed by atoms with Gasteiger partial charge < -0.3 is 15.3 Å². The van der Waals surface area contributed by atoms with Crippen molar-refractivity contribution in [2.75, 3.05) is 18.1 Å². The van der Waals surface area contributed by atoms with Gasteiger partial charge >= 0.3 is 11.8 Å². The fourth-order valence-corrected chi connectivity index (χ4v) is 2.52. The van der Waals surface area contributed by atoms with Crippen molar-refractivity contribution in [2.24, 2.45) is 0 Å². The molecule has 27 heavy (non-hydrogen) atoms. The van der Waals surface area contributed by atoms with Gasteiger partial charge in [-0.3, -0.25) is 9.59 Å². The first-order chi connectivity index (χ1) is 12.8. The molecule has 0 heterocycles. The molecule has 0 saturated carbocycles. The Bertz CT molecular complexity index is 831. The largest absolute Gasteiger partial charge is 0.396 e. The molecule has 0 bridgehead atoms. The molecule has 5 nitrogen and oxygen atoms in total. The molecule has 0 aromatic heterocycles. The van der Waals surface area contributed by atoms with Crippen LogP contribution in [0, 0.1) is 17.5 Å². The van der Waals surface area contributed by atoms with Crippen LogP contribution in [0.25, 0.3) is 0 Å². The first-order valence-corrected chi connectivity index (χ1v) is 8.31. The number of anilines is 1. The van der Waals surface area contributed by atoms with Gasteiger partial charge in [0.1, 0.15) is 17.5 Å². The van der Waals surface area contributed by atoms with E-state index in [0.29, 0.717) is 0 Å². The lowest BCUT2D eigenvalue weighted by Gasteiger charge is -2.22. The van der Waals surface area contributed by atoms with E-state index in [1.165, 1.54) is 12.1 Å². The third kappa shape index (κ3) is 5.21. The van der Waals surface area contributed by atoms with Crippen LogP contribution in [0.3, 0.4) is 0 Å². The normalized spacial score (nSPS) is 10.6. The van der Waals surface area contributed by atoms with Gasteiger partial charge in [0.2, 0.25) is 0 Å². The van der Waals surface area contributed by atoms with E-state index in [9.17, 15) is 22.8 Å². The topological polar surface area (TPSA) is 69.6 Å². The zero-order valence-electron chi connectivity index (χ0n) is 14.0. The highest BCUT2D eigenvalue weighted by molar-refractivity contribution is 6.40. The second kappa shape index (κ2) is 9.38. The van der Waals surface area contributed by atoms with Crippen LogP contribution < -0.4 is 10.2 Å². The van der Waals surface area contributed by atoms with Crippen molar-refractivity contribution in [3.63, 3.8) is 0 Å². The number of carbonyl (C=O) groups is 2. The molecule has 2 N–H and O–H groups in total. The van der Waals surface area contributed by atoms with Crippen LogP contribution in [0.5, 0.6) is 0 Å². The summed E-state index contributed by atoms with van der Waals surface area (Å²) in [4.78, 5) is 25.7. The monoisotopic (exact) mass is 400 g/mol. The molecule has 2 amide bonds. The first-order valence-electron chi connectivity index (χ1n) is 7.93. The van der Waals surface area contributed by atoms with Gasteiger partial charge in [-0.1, -0.05) is 11.6 Å². The Kier molecular flexibility index (Phi) is 7.20. The highest BCUT2D eigenvalue weighted by atomic mass is 35.5. The Balaban J connectivity index is 2.14. The number of amides is 2. The van der Waals surface area contributed by atoms with E-state index in [4.69, 9.17) is 16.7 Å². The number of aliphatic hydroxyl groups is 1. The smallest absolute Gasteiger partial charge is 0.316 e. The molecule has 0 atom stereocenters. The van der Waals surface area contributed by atoms with Crippen molar-refractivity contribution in [2.45, 2.75) is 13.0 Å². The Morgan fingerprint density at radius 2 is 1.67 bits per heavy atom. The van der Waals surface area contributed by atoms with Crippen LogP contribution in [0.2, 0.25) is 5.02 Å². The van der Waals surface area contributed by atoms with Gasteiger partial charge in [-0.05, 0) is 42.8 Å². The maximum Gasteiger partial charge on any atom is 0.316 e. The Morgan fingerprint density at radius 3 is 2.30 bits per heavy atom. The predicted octanol–water partition coefficient (Wildman–Crippen LogP) is 2.79. The minimum Gasteiger partial charge on any atom is -0.396 e. The fourth-order valence-electron chi connectivity index (χ4n) is 2.30. The summed E-state index contributed by atoms with van der Waals surface area (Å²) >= 11 is 5.68. The number of nitrogens with zero attached hydrogens (tertiary/aromatic N) is 1.